The Balaban J connectivity index is 2.14. The highest BCUT2D eigenvalue weighted by Crippen LogP contribution is 2.03. The van der Waals surface area contributed by atoms with Gasteiger partial charge in [-0.3, -0.25) is 0 Å². The summed E-state index contributed by atoms with van der Waals surface area (Å²) in [7, 11) is 0. The lowest BCUT2D eigenvalue weighted by atomic mass is 10.1. The van der Waals surface area contributed by atoms with Crippen LogP contribution in [0.25, 0.3) is 0 Å². The maximum atomic E-state index is 11.3. The molecule has 0 N–H and O–H groups in total. The number of hydrogen-bond donors (Lipinski definition) is 0. The Labute approximate surface area is 133 Å². The van der Waals surface area contributed by atoms with Crippen LogP contribution >= 0.6 is 23.2 Å². The number of ether oxygens (including phenoxy) is 2. The first kappa shape index (κ1) is 17.5. The molecule has 0 atom stereocenters. The van der Waals surface area contributed by atoms with Crippen LogP contribution in [0.5, 0.6) is 0 Å². The smallest absolute Gasteiger partial charge is 0.331 e. The van der Waals surface area contributed by atoms with Crippen LogP contribution in [0.1, 0.15) is 12.0 Å². The third-order valence-corrected chi connectivity index (χ3v) is 2.66. The molecule has 0 bridgehead atoms. The van der Waals surface area contributed by atoms with E-state index in [1.165, 1.54) is 5.56 Å². The number of halogens is 2. The molecule has 6 heteroatoms. The highest BCUT2D eigenvalue weighted by Gasteiger charge is 2.04. The van der Waals surface area contributed by atoms with E-state index < -0.39 is 16.8 Å². The molecule has 21 heavy (non-hydrogen) atoms. The van der Waals surface area contributed by atoms with E-state index in [-0.39, 0.29) is 6.61 Å². The molecule has 1 aromatic carbocycles. The average Bonchev–Trinajstić information content (AvgIpc) is 2.48. The van der Waals surface area contributed by atoms with Gasteiger partial charge in [-0.15, -0.1) is 23.2 Å². The van der Waals surface area contributed by atoms with Gasteiger partial charge in [-0.05, 0) is 18.4 Å². The molecule has 114 valence electrons. The van der Waals surface area contributed by atoms with Crippen molar-refractivity contribution < 1.29 is 19.1 Å². The maximum absolute atomic E-state index is 11.3. The SMILES string of the molecule is O=C(/C=C/C(=O)OCC(Cl)Cl)OCCCc1ccccc1. The van der Waals surface area contributed by atoms with Gasteiger partial charge < -0.3 is 9.47 Å². The molecule has 0 aromatic heterocycles. The van der Waals surface area contributed by atoms with Crippen molar-refractivity contribution in [3.63, 3.8) is 0 Å². The Morgan fingerprint density at radius 1 is 1.05 bits per heavy atom. The van der Waals surface area contributed by atoms with E-state index in [4.69, 9.17) is 27.9 Å². The van der Waals surface area contributed by atoms with Crippen molar-refractivity contribution in [2.24, 2.45) is 0 Å². The summed E-state index contributed by atoms with van der Waals surface area (Å²) >= 11 is 10.8. The first-order valence-electron chi connectivity index (χ1n) is 6.41. The Morgan fingerprint density at radius 3 is 2.29 bits per heavy atom. The van der Waals surface area contributed by atoms with Crippen LogP contribution in [0.15, 0.2) is 42.5 Å². The highest BCUT2D eigenvalue weighted by molar-refractivity contribution is 6.44. The zero-order valence-corrected chi connectivity index (χ0v) is 12.8. The van der Waals surface area contributed by atoms with Gasteiger partial charge in [0, 0.05) is 12.2 Å². The van der Waals surface area contributed by atoms with E-state index in [9.17, 15) is 9.59 Å². The summed E-state index contributed by atoms with van der Waals surface area (Å²) in [5.74, 6) is -1.28. The Kier molecular flexibility index (Phi) is 8.55. The molecule has 4 nitrogen and oxygen atoms in total. The van der Waals surface area contributed by atoms with Gasteiger partial charge in [0.1, 0.15) is 11.4 Å². The first-order valence-corrected chi connectivity index (χ1v) is 7.29. The number of benzene rings is 1. The standard InChI is InChI=1S/C15H16Cl2O4/c16-13(17)11-21-15(19)9-8-14(18)20-10-4-7-12-5-2-1-3-6-12/h1-3,5-6,8-9,13H,4,7,10-11H2/b9-8+. The Morgan fingerprint density at radius 2 is 1.67 bits per heavy atom. The summed E-state index contributed by atoms with van der Waals surface area (Å²) in [6.07, 6.45) is 3.54. The predicted molar refractivity (Wildman–Crippen MR) is 81.3 cm³/mol. The second-order valence-electron chi connectivity index (χ2n) is 4.11. The molecule has 1 rings (SSSR count). The van der Waals surface area contributed by atoms with Gasteiger partial charge >= 0.3 is 11.9 Å². The zero-order valence-electron chi connectivity index (χ0n) is 11.3. The fraction of sp³-hybridized carbons (Fsp3) is 0.333. The lowest BCUT2D eigenvalue weighted by Gasteiger charge is -2.03. The van der Waals surface area contributed by atoms with Gasteiger partial charge in [0.25, 0.3) is 0 Å². The van der Waals surface area contributed by atoms with Crippen molar-refractivity contribution in [2.45, 2.75) is 17.7 Å². The molecule has 0 aliphatic carbocycles. The highest BCUT2D eigenvalue weighted by atomic mass is 35.5. The molecular weight excluding hydrogens is 315 g/mol. The van der Waals surface area contributed by atoms with Crippen LogP contribution in [-0.4, -0.2) is 30.0 Å². The average molecular weight is 331 g/mol. The summed E-state index contributed by atoms with van der Waals surface area (Å²) in [6, 6.07) is 9.89. The van der Waals surface area contributed by atoms with Crippen molar-refractivity contribution in [3.8, 4) is 0 Å². The van der Waals surface area contributed by atoms with E-state index >= 15 is 0 Å². The van der Waals surface area contributed by atoms with E-state index in [1.54, 1.807) is 0 Å². The summed E-state index contributed by atoms with van der Waals surface area (Å²) in [5.41, 5.74) is 1.18. The normalized spacial score (nSPS) is 10.8. The van der Waals surface area contributed by atoms with Crippen molar-refractivity contribution in [3.05, 3.63) is 48.0 Å². The van der Waals surface area contributed by atoms with Crippen molar-refractivity contribution in [1.82, 2.24) is 0 Å². The number of rotatable bonds is 8. The minimum absolute atomic E-state index is 0.127. The quantitative estimate of drug-likeness (QED) is 0.318. The second kappa shape index (κ2) is 10.2. The van der Waals surface area contributed by atoms with E-state index in [0.717, 1.165) is 18.6 Å². The van der Waals surface area contributed by atoms with Gasteiger partial charge in [0.2, 0.25) is 0 Å². The van der Waals surface area contributed by atoms with E-state index in [2.05, 4.69) is 4.74 Å². The van der Waals surface area contributed by atoms with Crippen LogP contribution in [-0.2, 0) is 25.5 Å². The molecular formula is C15H16Cl2O4. The fourth-order valence-corrected chi connectivity index (χ4v) is 1.60. The lowest BCUT2D eigenvalue weighted by Crippen LogP contribution is -2.09. The Bertz CT molecular complexity index is 472. The number of alkyl halides is 2. The van der Waals surface area contributed by atoms with Gasteiger partial charge in [-0.25, -0.2) is 9.59 Å². The number of carbonyl (C=O) groups is 2. The predicted octanol–water partition coefficient (Wildman–Crippen LogP) is 3.07. The molecule has 0 spiro atoms. The molecule has 0 aliphatic rings. The van der Waals surface area contributed by atoms with Gasteiger partial charge in [-0.2, -0.15) is 0 Å². The molecule has 0 radical (unpaired) electrons. The fourth-order valence-electron chi connectivity index (χ4n) is 1.47. The molecule has 1 aromatic rings. The monoisotopic (exact) mass is 330 g/mol. The number of aryl methyl sites for hydroxylation is 1. The van der Waals surface area contributed by atoms with E-state index in [0.29, 0.717) is 13.0 Å². The number of hydrogen-bond acceptors (Lipinski definition) is 4. The minimum atomic E-state index is -0.785. The number of carbonyl (C=O) groups excluding carboxylic acids is 2. The van der Waals surface area contributed by atoms with Crippen molar-refractivity contribution in [1.29, 1.82) is 0 Å². The van der Waals surface area contributed by atoms with Gasteiger partial charge in [0.05, 0.1) is 6.61 Å². The maximum Gasteiger partial charge on any atom is 0.331 e. The number of esters is 2. The topological polar surface area (TPSA) is 52.6 Å². The molecule has 0 saturated heterocycles. The third kappa shape index (κ3) is 9.10. The van der Waals surface area contributed by atoms with Gasteiger partial charge in [-0.1, -0.05) is 30.3 Å². The summed E-state index contributed by atoms with van der Waals surface area (Å²) < 4.78 is 9.59. The van der Waals surface area contributed by atoms with Crippen LogP contribution in [0.2, 0.25) is 0 Å². The summed E-state index contributed by atoms with van der Waals surface area (Å²) in [4.78, 5) is 21.7. The largest absolute Gasteiger partial charge is 0.463 e. The van der Waals surface area contributed by atoms with Crippen LogP contribution in [0.3, 0.4) is 0 Å². The minimum Gasteiger partial charge on any atom is -0.463 e. The third-order valence-electron chi connectivity index (χ3n) is 2.40. The molecule has 0 aliphatic heterocycles. The molecule has 0 unspecified atom stereocenters. The molecule has 0 amide bonds. The summed E-state index contributed by atoms with van der Waals surface area (Å²) in [6.45, 7) is 0.164. The zero-order chi connectivity index (χ0) is 15.5. The Hall–Kier alpha value is -1.52. The lowest BCUT2D eigenvalue weighted by molar-refractivity contribution is -0.140. The summed E-state index contributed by atoms with van der Waals surface area (Å²) in [5, 5.41) is 0. The first-order chi connectivity index (χ1) is 10.1. The molecule has 0 heterocycles. The molecule has 0 fully saturated rings. The van der Waals surface area contributed by atoms with Gasteiger partial charge in [0.15, 0.2) is 0 Å². The van der Waals surface area contributed by atoms with E-state index in [1.807, 2.05) is 30.3 Å². The van der Waals surface area contributed by atoms with Crippen LogP contribution < -0.4 is 0 Å². The second-order valence-corrected chi connectivity index (χ2v) is 5.39. The van der Waals surface area contributed by atoms with Crippen molar-refractivity contribution >= 4 is 35.1 Å². The van der Waals surface area contributed by atoms with Crippen LogP contribution in [0, 0.1) is 0 Å². The molecule has 0 saturated carbocycles. The van der Waals surface area contributed by atoms with Crippen LogP contribution in [0.4, 0.5) is 0 Å². The van der Waals surface area contributed by atoms with Crippen molar-refractivity contribution in [2.75, 3.05) is 13.2 Å².